The van der Waals surface area contributed by atoms with Crippen molar-refractivity contribution in [2.24, 2.45) is 0 Å². The Bertz CT molecular complexity index is 441. The Kier molecular flexibility index (Phi) is 2.65. The van der Waals surface area contributed by atoms with Crippen molar-refractivity contribution in [1.29, 1.82) is 0 Å². The Morgan fingerprint density at radius 3 is 2.73 bits per heavy atom. The largest absolute Gasteiger partial charge is 0.488 e. The van der Waals surface area contributed by atoms with Crippen LogP contribution < -0.4 is 4.74 Å². The van der Waals surface area contributed by atoms with Crippen LogP contribution in [0.3, 0.4) is 0 Å². The van der Waals surface area contributed by atoms with Crippen molar-refractivity contribution in [3.8, 4) is 5.75 Å². The maximum atomic E-state index is 11.8. The van der Waals surface area contributed by atoms with E-state index in [2.05, 4.69) is 0 Å². The van der Waals surface area contributed by atoms with Crippen molar-refractivity contribution in [2.45, 2.75) is 26.4 Å². The van der Waals surface area contributed by atoms with Gasteiger partial charge in [0.25, 0.3) is 0 Å². The molecule has 0 aromatic heterocycles. The molecule has 0 bridgehead atoms. The highest BCUT2D eigenvalue weighted by molar-refractivity contribution is 6.37. The Labute approximate surface area is 98.1 Å². The van der Waals surface area contributed by atoms with Crippen LogP contribution in [0.1, 0.15) is 29.3 Å². The molecular formula is C11H10Cl2O2. The summed E-state index contributed by atoms with van der Waals surface area (Å²) in [5, 5.41) is 0.908. The second kappa shape index (κ2) is 3.69. The van der Waals surface area contributed by atoms with Crippen LogP contribution >= 0.6 is 23.2 Å². The summed E-state index contributed by atoms with van der Waals surface area (Å²) in [5.74, 6) is 0.521. The molecule has 0 spiro atoms. The summed E-state index contributed by atoms with van der Waals surface area (Å²) in [6.45, 7) is 3.65. The molecule has 1 aliphatic rings. The molecule has 0 saturated carbocycles. The first-order valence-corrected chi connectivity index (χ1v) is 5.44. The summed E-state index contributed by atoms with van der Waals surface area (Å²) in [6, 6.07) is 1.61. The zero-order valence-electron chi connectivity index (χ0n) is 8.43. The first-order chi connectivity index (χ1) is 7.00. The number of hydrogen-bond acceptors (Lipinski definition) is 2. The molecule has 0 fully saturated rings. The van der Waals surface area contributed by atoms with Crippen LogP contribution in [0.2, 0.25) is 10.0 Å². The number of carbonyl (C=O) groups excluding carboxylic acids is 1. The predicted octanol–water partition coefficient (Wildman–Crippen LogP) is 3.66. The van der Waals surface area contributed by atoms with Crippen LogP contribution in [0, 0.1) is 6.92 Å². The fraction of sp³-hybridized carbons (Fsp3) is 0.364. The van der Waals surface area contributed by atoms with Gasteiger partial charge in [-0.1, -0.05) is 23.2 Å². The minimum absolute atomic E-state index is 0.0469. The third kappa shape index (κ3) is 1.72. The minimum Gasteiger partial charge on any atom is -0.488 e. The van der Waals surface area contributed by atoms with Gasteiger partial charge in [0.15, 0.2) is 5.78 Å². The third-order valence-electron chi connectivity index (χ3n) is 2.50. The van der Waals surface area contributed by atoms with Crippen molar-refractivity contribution in [1.82, 2.24) is 0 Å². The molecule has 1 aromatic rings. The number of hydrogen-bond donors (Lipinski definition) is 0. The van der Waals surface area contributed by atoms with E-state index in [1.807, 2.05) is 6.92 Å². The molecule has 1 aliphatic heterocycles. The molecule has 4 heteroatoms. The standard InChI is InChI=1S/C11H10Cl2O2/c1-5-3-9(14)10-6(2)7(12)4-8(13)11(10)15-5/h4-5H,3H2,1-2H3. The van der Waals surface area contributed by atoms with Crippen molar-refractivity contribution in [2.75, 3.05) is 0 Å². The number of rotatable bonds is 0. The molecule has 1 atom stereocenters. The summed E-state index contributed by atoms with van der Waals surface area (Å²) in [5.41, 5.74) is 1.28. The average molecular weight is 245 g/mol. The summed E-state index contributed by atoms with van der Waals surface area (Å²) in [6.07, 6.45) is 0.257. The van der Waals surface area contributed by atoms with E-state index in [1.165, 1.54) is 0 Å². The SMILES string of the molecule is Cc1c(Cl)cc(Cl)c2c1C(=O)CC(C)O2. The van der Waals surface area contributed by atoms with Gasteiger partial charge < -0.3 is 4.74 Å². The average Bonchev–Trinajstić information content (AvgIpc) is 2.13. The molecule has 0 radical (unpaired) electrons. The Hall–Kier alpha value is -0.730. The van der Waals surface area contributed by atoms with E-state index in [0.717, 1.165) is 5.56 Å². The monoisotopic (exact) mass is 244 g/mol. The van der Waals surface area contributed by atoms with Gasteiger partial charge >= 0.3 is 0 Å². The summed E-state index contributed by atoms with van der Waals surface area (Å²) < 4.78 is 5.56. The highest BCUT2D eigenvalue weighted by Gasteiger charge is 2.28. The number of ether oxygens (including phenoxy) is 1. The molecular weight excluding hydrogens is 235 g/mol. The van der Waals surface area contributed by atoms with E-state index in [1.54, 1.807) is 13.0 Å². The summed E-state index contributed by atoms with van der Waals surface area (Å²) >= 11 is 11.9. The number of ketones is 1. The lowest BCUT2D eigenvalue weighted by Crippen LogP contribution is -2.25. The van der Waals surface area contributed by atoms with E-state index >= 15 is 0 Å². The molecule has 2 nitrogen and oxygen atoms in total. The van der Waals surface area contributed by atoms with Gasteiger partial charge in [0, 0.05) is 11.4 Å². The smallest absolute Gasteiger partial charge is 0.170 e. The molecule has 1 aromatic carbocycles. The normalized spacial score (nSPS) is 19.7. The Morgan fingerprint density at radius 2 is 2.07 bits per heavy atom. The molecule has 0 amide bonds. The van der Waals surface area contributed by atoms with E-state index in [4.69, 9.17) is 27.9 Å². The molecule has 0 aliphatic carbocycles. The highest BCUT2D eigenvalue weighted by Crippen LogP contribution is 2.39. The zero-order chi connectivity index (χ0) is 11.2. The maximum Gasteiger partial charge on any atom is 0.170 e. The highest BCUT2D eigenvalue weighted by atomic mass is 35.5. The second-order valence-corrected chi connectivity index (χ2v) is 4.54. The van der Waals surface area contributed by atoms with Gasteiger partial charge in [0.2, 0.25) is 0 Å². The number of fused-ring (bicyclic) bond motifs is 1. The Morgan fingerprint density at radius 1 is 1.40 bits per heavy atom. The van der Waals surface area contributed by atoms with Crippen LogP contribution in [-0.2, 0) is 0 Å². The van der Waals surface area contributed by atoms with Gasteiger partial charge in [-0.25, -0.2) is 0 Å². The molecule has 1 unspecified atom stereocenters. The quantitative estimate of drug-likeness (QED) is 0.697. The van der Waals surface area contributed by atoms with Gasteiger partial charge in [-0.3, -0.25) is 4.79 Å². The molecule has 80 valence electrons. The summed E-state index contributed by atoms with van der Waals surface area (Å²) in [4.78, 5) is 11.8. The fourth-order valence-corrected chi connectivity index (χ4v) is 2.26. The van der Waals surface area contributed by atoms with Crippen LogP contribution in [0.25, 0.3) is 0 Å². The van der Waals surface area contributed by atoms with Gasteiger partial charge in [-0.05, 0) is 25.5 Å². The third-order valence-corrected chi connectivity index (χ3v) is 3.17. The molecule has 1 heterocycles. The minimum atomic E-state index is -0.122. The van der Waals surface area contributed by atoms with E-state index in [9.17, 15) is 4.79 Å². The van der Waals surface area contributed by atoms with Crippen molar-refractivity contribution >= 4 is 29.0 Å². The second-order valence-electron chi connectivity index (χ2n) is 3.73. The Balaban J connectivity index is 2.69. The molecule has 15 heavy (non-hydrogen) atoms. The predicted molar refractivity (Wildman–Crippen MR) is 60.2 cm³/mol. The lowest BCUT2D eigenvalue weighted by molar-refractivity contribution is 0.0870. The van der Waals surface area contributed by atoms with E-state index in [0.29, 0.717) is 27.8 Å². The number of benzene rings is 1. The maximum absolute atomic E-state index is 11.8. The van der Waals surface area contributed by atoms with Crippen molar-refractivity contribution in [3.63, 3.8) is 0 Å². The van der Waals surface area contributed by atoms with Crippen molar-refractivity contribution < 1.29 is 9.53 Å². The van der Waals surface area contributed by atoms with E-state index in [-0.39, 0.29) is 11.9 Å². The lowest BCUT2D eigenvalue weighted by Gasteiger charge is -2.24. The molecule has 0 N–H and O–H groups in total. The molecule has 2 rings (SSSR count). The van der Waals surface area contributed by atoms with Gasteiger partial charge in [0.05, 0.1) is 10.6 Å². The van der Waals surface area contributed by atoms with Gasteiger partial charge in [-0.15, -0.1) is 0 Å². The fourth-order valence-electron chi connectivity index (χ4n) is 1.75. The molecule has 0 saturated heterocycles. The number of carbonyl (C=O) groups is 1. The van der Waals surface area contributed by atoms with Crippen LogP contribution in [0.5, 0.6) is 5.75 Å². The van der Waals surface area contributed by atoms with Crippen LogP contribution in [-0.4, -0.2) is 11.9 Å². The first-order valence-electron chi connectivity index (χ1n) is 4.69. The van der Waals surface area contributed by atoms with E-state index < -0.39 is 0 Å². The number of halogens is 2. The van der Waals surface area contributed by atoms with Gasteiger partial charge in [0.1, 0.15) is 11.9 Å². The number of Topliss-reactive ketones (excluding diaryl/α,β-unsaturated/α-hetero) is 1. The topological polar surface area (TPSA) is 26.3 Å². The summed E-state index contributed by atoms with van der Waals surface area (Å²) in [7, 11) is 0. The van der Waals surface area contributed by atoms with Crippen molar-refractivity contribution in [3.05, 3.63) is 27.2 Å². The first kappa shape index (κ1) is 10.8. The van der Waals surface area contributed by atoms with Crippen LogP contribution in [0.15, 0.2) is 6.07 Å². The lowest BCUT2D eigenvalue weighted by atomic mass is 9.97. The zero-order valence-corrected chi connectivity index (χ0v) is 9.95. The van der Waals surface area contributed by atoms with Gasteiger partial charge in [-0.2, -0.15) is 0 Å². The van der Waals surface area contributed by atoms with Crippen LogP contribution in [0.4, 0.5) is 0 Å².